The van der Waals surface area contributed by atoms with Crippen LogP contribution >= 0.6 is 0 Å². The third-order valence-electron chi connectivity index (χ3n) is 2.34. The van der Waals surface area contributed by atoms with Gasteiger partial charge in [0.15, 0.2) is 0 Å². The van der Waals surface area contributed by atoms with Crippen LogP contribution in [0, 0.1) is 5.82 Å². The maximum Gasteiger partial charge on any atom is 0.146 e. The number of rotatable bonds is 3. The molecule has 0 saturated carbocycles. The molecule has 0 aliphatic heterocycles. The minimum Gasteiger partial charge on any atom is -0.353 e. The predicted octanol–water partition coefficient (Wildman–Crippen LogP) is 3.03. The van der Waals surface area contributed by atoms with E-state index in [0.29, 0.717) is 12.2 Å². The van der Waals surface area contributed by atoms with E-state index in [1.54, 1.807) is 18.2 Å². The van der Waals surface area contributed by atoms with Crippen molar-refractivity contribution in [3.05, 3.63) is 59.9 Å². The molecule has 0 heterocycles. The molecular weight excluding hydrogens is 203 g/mol. The monoisotopic (exact) mass is 216 g/mol. The van der Waals surface area contributed by atoms with Crippen molar-refractivity contribution in [3.63, 3.8) is 0 Å². The Hall–Kier alpha value is -1.87. The van der Waals surface area contributed by atoms with Gasteiger partial charge >= 0.3 is 0 Å². The van der Waals surface area contributed by atoms with E-state index in [9.17, 15) is 4.39 Å². The molecule has 0 atom stereocenters. The SMILES string of the molecule is NCc1ccc(Nc2ccccc2F)cc1. The maximum atomic E-state index is 13.3. The summed E-state index contributed by atoms with van der Waals surface area (Å²) in [5.74, 6) is -0.259. The Bertz CT molecular complexity index is 466. The standard InChI is InChI=1S/C13H13FN2/c14-12-3-1-2-4-13(12)16-11-7-5-10(9-15)6-8-11/h1-8,16H,9,15H2. The third kappa shape index (κ3) is 2.38. The second kappa shape index (κ2) is 4.77. The molecule has 3 N–H and O–H groups in total. The van der Waals surface area contributed by atoms with E-state index in [1.165, 1.54) is 6.07 Å². The van der Waals surface area contributed by atoms with Crippen LogP contribution in [-0.2, 0) is 6.54 Å². The molecule has 0 spiro atoms. The lowest BCUT2D eigenvalue weighted by Crippen LogP contribution is -1.97. The summed E-state index contributed by atoms with van der Waals surface area (Å²) in [4.78, 5) is 0. The van der Waals surface area contributed by atoms with Crippen LogP contribution in [-0.4, -0.2) is 0 Å². The van der Waals surface area contributed by atoms with Crippen molar-refractivity contribution in [1.82, 2.24) is 0 Å². The summed E-state index contributed by atoms with van der Waals surface area (Å²) >= 11 is 0. The number of benzene rings is 2. The molecule has 3 heteroatoms. The van der Waals surface area contributed by atoms with Gasteiger partial charge in [0, 0.05) is 12.2 Å². The third-order valence-corrected chi connectivity index (χ3v) is 2.34. The molecule has 0 fully saturated rings. The zero-order valence-electron chi connectivity index (χ0n) is 8.78. The molecular formula is C13H13FN2. The minimum absolute atomic E-state index is 0.259. The molecule has 0 saturated heterocycles. The zero-order chi connectivity index (χ0) is 11.4. The van der Waals surface area contributed by atoms with Gasteiger partial charge in [0.05, 0.1) is 5.69 Å². The van der Waals surface area contributed by atoms with E-state index in [4.69, 9.17) is 5.73 Å². The topological polar surface area (TPSA) is 38.0 Å². The lowest BCUT2D eigenvalue weighted by molar-refractivity contribution is 0.632. The molecule has 0 aliphatic carbocycles. The first-order chi connectivity index (χ1) is 7.79. The summed E-state index contributed by atoms with van der Waals surface area (Å²) in [5, 5.41) is 3.01. The fraction of sp³-hybridized carbons (Fsp3) is 0.0769. The van der Waals surface area contributed by atoms with Crippen molar-refractivity contribution in [1.29, 1.82) is 0 Å². The summed E-state index contributed by atoms with van der Waals surface area (Å²) in [5.41, 5.74) is 7.88. The predicted molar refractivity (Wildman–Crippen MR) is 64.0 cm³/mol. The summed E-state index contributed by atoms with van der Waals surface area (Å²) < 4.78 is 13.3. The number of hydrogen-bond acceptors (Lipinski definition) is 2. The van der Waals surface area contributed by atoms with Crippen LogP contribution < -0.4 is 11.1 Å². The Labute approximate surface area is 93.9 Å². The van der Waals surface area contributed by atoms with Crippen LogP contribution in [0.1, 0.15) is 5.56 Å². The lowest BCUT2D eigenvalue weighted by atomic mass is 10.2. The van der Waals surface area contributed by atoms with Gasteiger partial charge in [-0.05, 0) is 29.8 Å². The first-order valence-corrected chi connectivity index (χ1v) is 5.10. The summed E-state index contributed by atoms with van der Waals surface area (Å²) in [7, 11) is 0. The molecule has 16 heavy (non-hydrogen) atoms. The van der Waals surface area contributed by atoms with Gasteiger partial charge in [-0.3, -0.25) is 0 Å². The molecule has 2 rings (SSSR count). The molecule has 2 aromatic carbocycles. The van der Waals surface area contributed by atoms with Crippen LogP contribution in [0.25, 0.3) is 0 Å². The number of nitrogens with two attached hydrogens (primary N) is 1. The Morgan fingerprint density at radius 3 is 2.31 bits per heavy atom. The highest BCUT2D eigenvalue weighted by atomic mass is 19.1. The first-order valence-electron chi connectivity index (χ1n) is 5.10. The lowest BCUT2D eigenvalue weighted by Gasteiger charge is -2.07. The first kappa shape index (κ1) is 10.6. The highest BCUT2D eigenvalue weighted by molar-refractivity contribution is 5.60. The molecule has 0 amide bonds. The molecule has 2 nitrogen and oxygen atoms in total. The van der Waals surface area contributed by atoms with Crippen molar-refractivity contribution in [2.45, 2.75) is 6.54 Å². The fourth-order valence-electron chi connectivity index (χ4n) is 1.44. The second-order valence-electron chi connectivity index (χ2n) is 3.51. The largest absolute Gasteiger partial charge is 0.353 e. The van der Waals surface area contributed by atoms with E-state index < -0.39 is 0 Å². The average molecular weight is 216 g/mol. The Kier molecular flexibility index (Phi) is 3.17. The van der Waals surface area contributed by atoms with Crippen molar-refractivity contribution >= 4 is 11.4 Å². The quantitative estimate of drug-likeness (QED) is 0.827. The van der Waals surface area contributed by atoms with Gasteiger partial charge in [-0.2, -0.15) is 0 Å². The molecule has 82 valence electrons. The van der Waals surface area contributed by atoms with Crippen molar-refractivity contribution in [2.75, 3.05) is 5.32 Å². The number of hydrogen-bond donors (Lipinski definition) is 2. The smallest absolute Gasteiger partial charge is 0.146 e. The molecule has 0 unspecified atom stereocenters. The van der Waals surface area contributed by atoms with Gasteiger partial charge in [0.25, 0.3) is 0 Å². The summed E-state index contributed by atoms with van der Waals surface area (Å²) in [6, 6.07) is 14.2. The van der Waals surface area contributed by atoms with E-state index >= 15 is 0 Å². The van der Waals surface area contributed by atoms with Gasteiger partial charge in [0.2, 0.25) is 0 Å². The van der Waals surface area contributed by atoms with Crippen molar-refractivity contribution < 1.29 is 4.39 Å². The van der Waals surface area contributed by atoms with Gasteiger partial charge in [-0.1, -0.05) is 24.3 Å². The van der Waals surface area contributed by atoms with E-state index in [-0.39, 0.29) is 5.82 Å². The molecule has 0 aliphatic rings. The van der Waals surface area contributed by atoms with Crippen LogP contribution in [0.5, 0.6) is 0 Å². The van der Waals surface area contributed by atoms with Gasteiger partial charge in [-0.25, -0.2) is 4.39 Å². The van der Waals surface area contributed by atoms with Crippen LogP contribution in [0.3, 0.4) is 0 Å². The van der Waals surface area contributed by atoms with Gasteiger partial charge < -0.3 is 11.1 Å². The normalized spacial score (nSPS) is 10.1. The van der Waals surface area contributed by atoms with E-state index in [1.807, 2.05) is 24.3 Å². The summed E-state index contributed by atoms with van der Waals surface area (Å²) in [6.45, 7) is 0.514. The molecule has 0 aromatic heterocycles. The van der Waals surface area contributed by atoms with E-state index in [0.717, 1.165) is 11.3 Å². The minimum atomic E-state index is -0.259. The number of halogens is 1. The van der Waals surface area contributed by atoms with Crippen molar-refractivity contribution in [3.8, 4) is 0 Å². The number of para-hydroxylation sites is 1. The van der Waals surface area contributed by atoms with Crippen LogP contribution in [0.2, 0.25) is 0 Å². The Morgan fingerprint density at radius 1 is 1.00 bits per heavy atom. The summed E-state index contributed by atoms with van der Waals surface area (Å²) in [6.07, 6.45) is 0. The zero-order valence-corrected chi connectivity index (χ0v) is 8.78. The highest BCUT2D eigenvalue weighted by Crippen LogP contribution is 2.19. The Morgan fingerprint density at radius 2 is 1.69 bits per heavy atom. The fourth-order valence-corrected chi connectivity index (χ4v) is 1.44. The maximum absolute atomic E-state index is 13.3. The van der Waals surface area contributed by atoms with E-state index in [2.05, 4.69) is 5.32 Å². The van der Waals surface area contributed by atoms with Crippen LogP contribution in [0.4, 0.5) is 15.8 Å². The van der Waals surface area contributed by atoms with Crippen LogP contribution in [0.15, 0.2) is 48.5 Å². The number of anilines is 2. The molecule has 0 radical (unpaired) electrons. The molecule has 0 bridgehead atoms. The molecule has 2 aromatic rings. The Balaban J connectivity index is 2.18. The van der Waals surface area contributed by atoms with Gasteiger partial charge in [-0.15, -0.1) is 0 Å². The average Bonchev–Trinajstić information content (AvgIpc) is 2.33. The highest BCUT2D eigenvalue weighted by Gasteiger charge is 2.00. The number of nitrogens with one attached hydrogen (secondary N) is 1. The van der Waals surface area contributed by atoms with Gasteiger partial charge in [0.1, 0.15) is 5.82 Å². The van der Waals surface area contributed by atoms with Crippen molar-refractivity contribution in [2.24, 2.45) is 5.73 Å². The second-order valence-corrected chi connectivity index (χ2v) is 3.51.